The number of anilines is 1. The molecule has 18 heavy (non-hydrogen) atoms. The number of hydrogen-bond donors (Lipinski definition) is 2. The smallest absolute Gasteiger partial charge is 0.296 e. The number of carbonyl (C=O) groups is 1. The van der Waals surface area contributed by atoms with Gasteiger partial charge in [-0.15, -0.1) is 0 Å². The summed E-state index contributed by atoms with van der Waals surface area (Å²) in [6.07, 6.45) is 0. The maximum Gasteiger partial charge on any atom is 0.296 e. The highest BCUT2D eigenvalue weighted by Gasteiger charge is 2.24. The van der Waals surface area contributed by atoms with Crippen molar-refractivity contribution < 1.29 is 19.2 Å². The fourth-order valence-corrected chi connectivity index (χ4v) is 1.43. The average Bonchev–Trinajstić information content (AvgIpc) is 2.74. The van der Waals surface area contributed by atoms with E-state index < -0.39 is 16.9 Å². The Morgan fingerprint density at radius 1 is 1.50 bits per heavy atom. The molecule has 0 spiro atoms. The first-order chi connectivity index (χ1) is 8.49. The topological polar surface area (TPSA) is 117 Å². The molecule has 1 aromatic rings. The number of rotatable bonds is 3. The molecule has 8 nitrogen and oxygen atoms in total. The minimum atomic E-state index is -0.768. The fraction of sp³-hybridized carbons (Fsp3) is 0.300. The molecule has 0 bridgehead atoms. The van der Waals surface area contributed by atoms with Crippen molar-refractivity contribution in [1.82, 2.24) is 0 Å². The van der Waals surface area contributed by atoms with E-state index in [9.17, 15) is 14.9 Å². The quantitative estimate of drug-likeness (QED) is 0.602. The number of benzene rings is 1. The van der Waals surface area contributed by atoms with Crippen molar-refractivity contribution in [1.29, 1.82) is 0 Å². The molecule has 3 N–H and O–H groups in total. The Kier molecular flexibility index (Phi) is 3.02. The number of ether oxygens (including phenoxy) is 2. The minimum Gasteiger partial charge on any atom is -0.454 e. The van der Waals surface area contributed by atoms with E-state index in [1.165, 1.54) is 19.1 Å². The van der Waals surface area contributed by atoms with Crippen LogP contribution in [0.3, 0.4) is 0 Å². The largest absolute Gasteiger partial charge is 0.454 e. The molecule has 1 heterocycles. The first kappa shape index (κ1) is 12.1. The molecule has 0 aliphatic carbocycles. The van der Waals surface area contributed by atoms with Gasteiger partial charge in [0.05, 0.1) is 17.0 Å². The first-order valence-corrected chi connectivity index (χ1v) is 5.13. The molecule has 0 fully saturated rings. The molecule has 0 saturated carbocycles. The summed E-state index contributed by atoms with van der Waals surface area (Å²) in [4.78, 5) is 21.7. The summed E-state index contributed by atoms with van der Waals surface area (Å²) in [6.45, 7) is 1.48. The number of fused-ring (bicyclic) bond motifs is 1. The second-order valence-corrected chi connectivity index (χ2v) is 3.76. The maximum atomic E-state index is 11.5. The molecule has 1 aliphatic rings. The van der Waals surface area contributed by atoms with Gasteiger partial charge in [0.2, 0.25) is 12.7 Å². The molecule has 8 heteroatoms. The Morgan fingerprint density at radius 2 is 2.11 bits per heavy atom. The van der Waals surface area contributed by atoms with E-state index in [1.807, 2.05) is 0 Å². The standard InChI is InChI=1S/C10H11N3O5/c1-5(11)10(14)12-6-2-8-9(18-4-17-8)3-7(6)13(15)16/h2-3,5H,4,11H2,1H3,(H,12,14)/t5-/m0/s1. The van der Waals surface area contributed by atoms with Crippen LogP contribution < -0.4 is 20.5 Å². The van der Waals surface area contributed by atoms with Crippen LogP contribution in [0.15, 0.2) is 12.1 Å². The van der Waals surface area contributed by atoms with E-state index in [2.05, 4.69) is 5.32 Å². The van der Waals surface area contributed by atoms with Gasteiger partial charge in [-0.3, -0.25) is 14.9 Å². The number of nitrogens with two attached hydrogens (primary N) is 1. The fourth-order valence-electron chi connectivity index (χ4n) is 1.43. The molecule has 0 unspecified atom stereocenters. The van der Waals surface area contributed by atoms with Crippen molar-refractivity contribution in [2.75, 3.05) is 12.1 Å². The van der Waals surface area contributed by atoms with E-state index in [-0.39, 0.29) is 23.9 Å². The number of amides is 1. The molecule has 1 atom stereocenters. The van der Waals surface area contributed by atoms with E-state index in [0.29, 0.717) is 5.75 Å². The summed E-state index contributed by atoms with van der Waals surface area (Å²) < 4.78 is 10.1. The molecule has 0 radical (unpaired) electrons. The third-order valence-corrected chi connectivity index (χ3v) is 2.36. The lowest BCUT2D eigenvalue weighted by atomic mass is 10.2. The summed E-state index contributed by atoms with van der Waals surface area (Å²) >= 11 is 0. The van der Waals surface area contributed by atoms with E-state index in [4.69, 9.17) is 15.2 Å². The molecule has 2 rings (SSSR count). The van der Waals surface area contributed by atoms with Crippen LogP contribution >= 0.6 is 0 Å². The Bertz CT molecular complexity index is 514. The molecular weight excluding hydrogens is 242 g/mol. The lowest BCUT2D eigenvalue weighted by Crippen LogP contribution is -2.32. The van der Waals surface area contributed by atoms with Crippen LogP contribution in [0.4, 0.5) is 11.4 Å². The van der Waals surface area contributed by atoms with Crippen molar-refractivity contribution in [3.63, 3.8) is 0 Å². The third kappa shape index (κ3) is 2.18. The summed E-state index contributed by atoms with van der Waals surface area (Å²) in [5, 5.41) is 13.3. The van der Waals surface area contributed by atoms with Crippen molar-refractivity contribution in [2.24, 2.45) is 5.73 Å². The van der Waals surface area contributed by atoms with Crippen molar-refractivity contribution >= 4 is 17.3 Å². The molecule has 1 aromatic carbocycles. The number of nitro benzene ring substituents is 1. The predicted octanol–water partition coefficient (Wildman–Crippen LogP) is 0.609. The third-order valence-electron chi connectivity index (χ3n) is 2.36. The van der Waals surface area contributed by atoms with Crippen LogP contribution in [0.25, 0.3) is 0 Å². The molecule has 1 aliphatic heterocycles. The normalized spacial score (nSPS) is 14.1. The zero-order valence-electron chi connectivity index (χ0n) is 9.50. The second kappa shape index (κ2) is 4.49. The molecule has 1 amide bonds. The van der Waals surface area contributed by atoms with Crippen LogP contribution in [-0.2, 0) is 4.79 Å². The highest BCUT2D eigenvalue weighted by molar-refractivity contribution is 5.96. The van der Waals surface area contributed by atoms with Gasteiger partial charge >= 0.3 is 0 Å². The summed E-state index contributed by atoms with van der Waals surface area (Å²) in [5.41, 5.74) is 5.15. The van der Waals surface area contributed by atoms with Gasteiger partial charge < -0.3 is 20.5 Å². The Balaban J connectivity index is 2.38. The van der Waals surface area contributed by atoms with Gasteiger partial charge in [0.25, 0.3) is 5.69 Å². The molecular formula is C10H11N3O5. The van der Waals surface area contributed by atoms with Gasteiger partial charge in [0.1, 0.15) is 5.69 Å². The van der Waals surface area contributed by atoms with Crippen LogP contribution in [0.1, 0.15) is 6.92 Å². The average molecular weight is 253 g/mol. The van der Waals surface area contributed by atoms with Crippen molar-refractivity contribution in [2.45, 2.75) is 13.0 Å². The van der Waals surface area contributed by atoms with Crippen molar-refractivity contribution in [3.8, 4) is 11.5 Å². The van der Waals surface area contributed by atoms with E-state index in [0.717, 1.165) is 0 Å². The van der Waals surface area contributed by atoms with Gasteiger partial charge in [0, 0.05) is 6.07 Å². The summed E-state index contributed by atoms with van der Waals surface area (Å²) in [7, 11) is 0. The van der Waals surface area contributed by atoms with Crippen LogP contribution in [0.5, 0.6) is 11.5 Å². The number of hydrogen-bond acceptors (Lipinski definition) is 6. The number of nitrogens with zero attached hydrogens (tertiary/aromatic N) is 1. The Morgan fingerprint density at radius 3 is 2.67 bits per heavy atom. The van der Waals surface area contributed by atoms with Gasteiger partial charge in [-0.2, -0.15) is 0 Å². The van der Waals surface area contributed by atoms with Crippen LogP contribution in [-0.4, -0.2) is 23.7 Å². The summed E-state index contributed by atoms with van der Waals surface area (Å²) in [5.74, 6) is 0.109. The zero-order chi connectivity index (χ0) is 13.3. The van der Waals surface area contributed by atoms with Crippen LogP contribution in [0, 0.1) is 10.1 Å². The predicted molar refractivity (Wildman–Crippen MR) is 61.5 cm³/mol. The van der Waals surface area contributed by atoms with E-state index >= 15 is 0 Å². The molecule has 0 saturated heterocycles. The van der Waals surface area contributed by atoms with Gasteiger partial charge in [0.15, 0.2) is 11.5 Å². The number of nitro groups is 1. The lowest BCUT2D eigenvalue weighted by molar-refractivity contribution is -0.384. The van der Waals surface area contributed by atoms with E-state index in [1.54, 1.807) is 0 Å². The van der Waals surface area contributed by atoms with Crippen molar-refractivity contribution in [3.05, 3.63) is 22.2 Å². The monoisotopic (exact) mass is 253 g/mol. The highest BCUT2D eigenvalue weighted by atomic mass is 16.7. The lowest BCUT2D eigenvalue weighted by Gasteiger charge is -2.08. The minimum absolute atomic E-state index is 0.00280. The highest BCUT2D eigenvalue weighted by Crippen LogP contribution is 2.40. The van der Waals surface area contributed by atoms with Gasteiger partial charge in [-0.25, -0.2) is 0 Å². The maximum absolute atomic E-state index is 11.5. The second-order valence-electron chi connectivity index (χ2n) is 3.76. The Labute approximate surface area is 102 Å². The first-order valence-electron chi connectivity index (χ1n) is 5.13. The van der Waals surface area contributed by atoms with Gasteiger partial charge in [-0.1, -0.05) is 0 Å². The number of carbonyl (C=O) groups excluding carboxylic acids is 1. The Hall–Kier alpha value is -2.35. The molecule has 96 valence electrons. The zero-order valence-corrected chi connectivity index (χ0v) is 9.50. The number of nitrogens with one attached hydrogen (secondary N) is 1. The summed E-state index contributed by atoms with van der Waals surface area (Å²) in [6, 6.07) is 1.79. The van der Waals surface area contributed by atoms with Crippen LogP contribution in [0.2, 0.25) is 0 Å². The van der Waals surface area contributed by atoms with Gasteiger partial charge in [-0.05, 0) is 6.92 Å². The SMILES string of the molecule is C[C@H](N)C(=O)Nc1cc2c(cc1[N+](=O)[O-])OCO2. The molecule has 0 aromatic heterocycles.